The molecule has 1 heterocycles. The Labute approximate surface area is 128 Å². The zero-order valence-corrected chi connectivity index (χ0v) is 12.5. The highest BCUT2D eigenvalue weighted by Crippen LogP contribution is 2.32. The van der Waals surface area contributed by atoms with E-state index >= 15 is 0 Å². The molecule has 0 spiro atoms. The average molecular weight is 315 g/mol. The van der Waals surface area contributed by atoms with Crippen LogP contribution in [0.4, 0.5) is 13.2 Å². The molecule has 0 aromatic heterocycles. The Morgan fingerprint density at radius 2 is 2.05 bits per heavy atom. The lowest BCUT2D eigenvalue weighted by Crippen LogP contribution is -2.32. The fourth-order valence-corrected chi connectivity index (χ4v) is 2.60. The van der Waals surface area contributed by atoms with Crippen LogP contribution in [0.25, 0.3) is 0 Å². The number of nitrogens with zero attached hydrogens (tertiary/aromatic N) is 1. The van der Waals surface area contributed by atoms with E-state index in [0.29, 0.717) is 13.0 Å². The van der Waals surface area contributed by atoms with Crippen molar-refractivity contribution in [3.8, 4) is 0 Å². The van der Waals surface area contributed by atoms with E-state index in [0.717, 1.165) is 31.9 Å². The normalized spacial score (nSPS) is 19.0. The molecule has 1 aromatic carbocycles. The summed E-state index contributed by atoms with van der Waals surface area (Å²) in [5.74, 6) is -0.608. The molecule has 1 aliphatic heterocycles. The third-order valence-electron chi connectivity index (χ3n) is 3.87. The second-order valence-electron chi connectivity index (χ2n) is 5.55. The van der Waals surface area contributed by atoms with Crippen molar-refractivity contribution in [1.29, 1.82) is 0 Å². The second-order valence-corrected chi connectivity index (χ2v) is 5.55. The van der Waals surface area contributed by atoms with E-state index in [1.54, 1.807) is 0 Å². The second kappa shape index (κ2) is 7.13. The van der Waals surface area contributed by atoms with E-state index in [1.807, 2.05) is 0 Å². The molecule has 1 unspecified atom stereocenters. The SMILES string of the molecule is CN(CCC1CCCCO1)C(=O)c1ccccc1C(F)(F)F. The highest BCUT2D eigenvalue weighted by atomic mass is 19.4. The maximum Gasteiger partial charge on any atom is 0.417 e. The van der Waals surface area contributed by atoms with Gasteiger partial charge in [-0.2, -0.15) is 13.2 Å². The van der Waals surface area contributed by atoms with Crippen molar-refractivity contribution in [3.63, 3.8) is 0 Å². The average Bonchev–Trinajstić information content (AvgIpc) is 2.52. The Morgan fingerprint density at radius 1 is 1.32 bits per heavy atom. The molecule has 0 radical (unpaired) electrons. The first-order chi connectivity index (χ1) is 10.4. The summed E-state index contributed by atoms with van der Waals surface area (Å²) >= 11 is 0. The van der Waals surface area contributed by atoms with Crippen LogP contribution in [0.2, 0.25) is 0 Å². The van der Waals surface area contributed by atoms with Gasteiger partial charge in [0.25, 0.3) is 5.91 Å². The first-order valence-corrected chi connectivity index (χ1v) is 7.43. The van der Waals surface area contributed by atoms with Gasteiger partial charge in [0.1, 0.15) is 0 Å². The van der Waals surface area contributed by atoms with Crippen molar-refractivity contribution < 1.29 is 22.7 Å². The number of carbonyl (C=O) groups excluding carboxylic acids is 1. The molecule has 3 nitrogen and oxygen atoms in total. The predicted molar refractivity (Wildman–Crippen MR) is 76.6 cm³/mol. The summed E-state index contributed by atoms with van der Waals surface area (Å²) in [6.45, 7) is 1.11. The van der Waals surface area contributed by atoms with Crippen LogP contribution in [0.5, 0.6) is 0 Å². The monoisotopic (exact) mass is 315 g/mol. The summed E-state index contributed by atoms with van der Waals surface area (Å²) in [5, 5.41) is 0. The molecule has 1 aromatic rings. The van der Waals surface area contributed by atoms with Gasteiger partial charge < -0.3 is 9.64 Å². The van der Waals surface area contributed by atoms with Crippen molar-refractivity contribution >= 4 is 5.91 Å². The number of hydrogen-bond acceptors (Lipinski definition) is 2. The molecule has 1 fully saturated rings. The lowest BCUT2D eigenvalue weighted by molar-refractivity contribution is -0.138. The molecular formula is C16H20F3NO2. The molecule has 0 saturated carbocycles. The largest absolute Gasteiger partial charge is 0.417 e. The number of alkyl halides is 3. The minimum atomic E-state index is -4.53. The smallest absolute Gasteiger partial charge is 0.378 e. The lowest BCUT2D eigenvalue weighted by atomic mass is 10.0. The zero-order valence-electron chi connectivity index (χ0n) is 12.5. The molecule has 0 bridgehead atoms. The van der Waals surface area contributed by atoms with E-state index in [4.69, 9.17) is 4.74 Å². The van der Waals surface area contributed by atoms with Gasteiger partial charge in [-0.1, -0.05) is 12.1 Å². The molecule has 1 saturated heterocycles. The zero-order chi connectivity index (χ0) is 16.2. The minimum absolute atomic E-state index is 0.0989. The Balaban J connectivity index is 2.01. The van der Waals surface area contributed by atoms with E-state index in [-0.39, 0.29) is 11.7 Å². The van der Waals surface area contributed by atoms with Crippen LogP contribution in [-0.2, 0) is 10.9 Å². The molecule has 0 N–H and O–H groups in total. The van der Waals surface area contributed by atoms with Crippen molar-refractivity contribution in [2.75, 3.05) is 20.2 Å². The molecular weight excluding hydrogens is 295 g/mol. The van der Waals surface area contributed by atoms with Crippen molar-refractivity contribution in [2.45, 2.75) is 38.0 Å². The minimum Gasteiger partial charge on any atom is -0.378 e. The molecule has 1 amide bonds. The van der Waals surface area contributed by atoms with Crippen LogP contribution in [0.15, 0.2) is 24.3 Å². The van der Waals surface area contributed by atoms with Gasteiger partial charge in [0, 0.05) is 20.2 Å². The van der Waals surface area contributed by atoms with Crippen LogP contribution in [0.3, 0.4) is 0 Å². The van der Waals surface area contributed by atoms with Crippen molar-refractivity contribution in [1.82, 2.24) is 4.90 Å². The maximum absolute atomic E-state index is 13.0. The van der Waals surface area contributed by atoms with Crippen LogP contribution in [-0.4, -0.2) is 37.1 Å². The Kier molecular flexibility index (Phi) is 5.45. The summed E-state index contributed by atoms with van der Waals surface area (Å²) in [7, 11) is 1.53. The van der Waals surface area contributed by atoms with Crippen LogP contribution < -0.4 is 0 Å². The third-order valence-corrected chi connectivity index (χ3v) is 3.87. The number of hydrogen-bond donors (Lipinski definition) is 0. The fraction of sp³-hybridized carbons (Fsp3) is 0.562. The standard InChI is InChI=1S/C16H20F3NO2/c1-20(10-9-12-6-4-5-11-22-12)15(21)13-7-2-3-8-14(13)16(17,18)19/h2-3,7-8,12H,4-6,9-11H2,1H3. The quantitative estimate of drug-likeness (QED) is 0.847. The Hall–Kier alpha value is -1.56. The number of amides is 1. The van der Waals surface area contributed by atoms with E-state index < -0.39 is 17.6 Å². The number of carbonyl (C=O) groups is 1. The van der Waals surface area contributed by atoms with E-state index in [9.17, 15) is 18.0 Å². The van der Waals surface area contributed by atoms with Crippen molar-refractivity contribution in [2.24, 2.45) is 0 Å². The van der Waals surface area contributed by atoms with E-state index in [1.165, 1.54) is 30.1 Å². The number of ether oxygens (including phenoxy) is 1. The van der Waals surface area contributed by atoms with Crippen LogP contribution in [0.1, 0.15) is 41.6 Å². The van der Waals surface area contributed by atoms with E-state index in [2.05, 4.69) is 0 Å². The highest BCUT2D eigenvalue weighted by molar-refractivity contribution is 5.95. The first-order valence-electron chi connectivity index (χ1n) is 7.43. The Morgan fingerprint density at radius 3 is 2.68 bits per heavy atom. The van der Waals surface area contributed by atoms with Gasteiger partial charge in [-0.15, -0.1) is 0 Å². The maximum atomic E-state index is 13.0. The number of rotatable bonds is 4. The van der Waals surface area contributed by atoms with Crippen LogP contribution in [0, 0.1) is 0 Å². The number of halogens is 3. The number of benzene rings is 1. The Bertz CT molecular complexity index is 510. The molecule has 2 rings (SSSR count). The van der Waals surface area contributed by atoms with Gasteiger partial charge in [-0.3, -0.25) is 4.79 Å². The first kappa shape index (κ1) is 16.8. The predicted octanol–water partition coefficient (Wildman–Crippen LogP) is 3.74. The molecule has 6 heteroatoms. The summed E-state index contributed by atoms with van der Waals surface area (Å²) in [5.41, 5.74) is -1.19. The molecule has 1 aliphatic rings. The lowest BCUT2D eigenvalue weighted by Gasteiger charge is -2.25. The van der Waals surface area contributed by atoms with Crippen LogP contribution >= 0.6 is 0 Å². The molecule has 1 atom stereocenters. The molecule has 122 valence electrons. The topological polar surface area (TPSA) is 29.5 Å². The summed E-state index contributed by atoms with van der Waals surface area (Å²) in [6, 6.07) is 4.89. The molecule has 0 aliphatic carbocycles. The third kappa shape index (κ3) is 4.22. The summed E-state index contributed by atoms with van der Waals surface area (Å²) < 4.78 is 44.4. The van der Waals surface area contributed by atoms with Crippen molar-refractivity contribution in [3.05, 3.63) is 35.4 Å². The summed E-state index contributed by atoms with van der Waals surface area (Å²) in [4.78, 5) is 13.6. The van der Waals surface area contributed by atoms with Gasteiger partial charge in [-0.05, 0) is 37.8 Å². The summed E-state index contributed by atoms with van der Waals surface area (Å²) in [6.07, 6.45) is -0.692. The highest BCUT2D eigenvalue weighted by Gasteiger charge is 2.35. The van der Waals surface area contributed by atoms with Gasteiger partial charge in [0.15, 0.2) is 0 Å². The van der Waals surface area contributed by atoms with Gasteiger partial charge in [0.2, 0.25) is 0 Å². The molecule has 22 heavy (non-hydrogen) atoms. The van der Waals surface area contributed by atoms with Gasteiger partial charge in [-0.25, -0.2) is 0 Å². The van der Waals surface area contributed by atoms with Gasteiger partial charge in [0.05, 0.1) is 17.2 Å². The fourth-order valence-electron chi connectivity index (χ4n) is 2.60. The van der Waals surface area contributed by atoms with Gasteiger partial charge >= 0.3 is 6.18 Å².